The van der Waals surface area contributed by atoms with Crippen LogP contribution in [0.1, 0.15) is 16.8 Å². The third kappa shape index (κ3) is 8.09. The van der Waals surface area contributed by atoms with Crippen molar-refractivity contribution in [3.05, 3.63) is 89.7 Å². The minimum absolute atomic E-state index is 0. The van der Waals surface area contributed by atoms with Crippen LogP contribution in [0.25, 0.3) is 0 Å². The van der Waals surface area contributed by atoms with E-state index in [1.54, 1.807) is 20.4 Å². The van der Waals surface area contributed by atoms with E-state index in [0.717, 1.165) is 41.7 Å². The maximum atomic E-state index is 5.78. The Labute approximate surface area is 201 Å². The first kappa shape index (κ1) is 24.5. The van der Waals surface area contributed by atoms with E-state index < -0.39 is 0 Å². The maximum absolute atomic E-state index is 5.78. The highest BCUT2D eigenvalue weighted by atomic mass is 127. The van der Waals surface area contributed by atoms with Gasteiger partial charge in [-0.2, -0.15) is 0 Å². The van der Waals surface area contributed by atoms with Crippen LogP contribution in [-0.2, 0) is 19.6 Å². The van der Waals surface area contributed by atoms with Crippen molar-refractivity contribution in [3.8, 4) is 11.5 Å². The van der Waals surface area contributed by atoms with Crippen LogP contribution < -0.4 is 20.1 Å². The molecule has 0 aliphatic rings. The van der Waals surface area contributed by atoms with Crippen molar-refractivity contribution in [1.82, 2.24) is 15.6 Å². The number of guanidine groups is 1. The second-order valence-corrected chi connectivity index (χ2v) is 6.67. The number of para-hydroxylation sites is 1. The van der Waals surface area contributed by atoms with Crippen LogP contribution in [0.5, 0.6) is 11.5 Å². The Morgan fingerprint density at radius 2 is 1.74 bits per heavy atom. The Kier molecular flexibility index (Phi) is 10.6. The Balaban J connectivity index is 0.00000341. The molecule has 0 saturated carbocycles. The number of rotatable bonds is 9. The van der Waals surface area contributed by atoms with Gasteiger partial charge in [-0.05, 0) is 47.9 Å². The molecule has 0 atom stereocenters. The topological polar surface area (TPSA) is 67.8 Å². The van der Waals surface area contributed by atoms with Gasteiger partial charge in [0.05, 0.1) is 12.8 Å². The number of aliphatic imine (C=N–C) groups is 1. The zero-order chi connectivity index (χ0) is 21.0. The molecule has 1 aromatic heterocycles. The van der Waals surface area contributed by atoms with Gasteiger partial charge in [0.15, 0.2) is 5.96 Å². The Bertz CT molecular complexity index is 934. The van der Waals surface area contributed by atoms with Crippen LogP contribution in [0, 0.1) is 0 Å². The standard InChI is InChI=1S/C24H28N4O2.HI/c1-25-24(27-16-14-20-7-3-4-9-23(20)29-2)28-17-19-10-12-22(13-11-19)30-18-21-8-5-6-15-26-21;/h3-13,15H,14,16-18H2,1-2H3,(H2,25,27,28);1H. The van der Waals surface area contributed by atoms with Crippen LogP contribution in [0.2, 0.25) is 0 Å². The summed E-state index contributed by atoms with van der Waals surface area (Å²) < 4.78 is 11.2. The first-order chi connectivity index (χ1) is 14.8. The molecule has 0 radical (unpaired) electrons. The molecular weight excluding hydrogens is 503 g/mol. The van der Waals surface area contributed by atoms with Crippen molar-refractivity contribution in [2.24, 2.45) is 4.99 Å². The number of nitrogens with one attached hydrogen (secondary N) is 2. The third-order valence-electron chi connectivity index (χ3n) is 4.60. The quantitative estimate of drug-likeness (QED) is 0.246. The zero-order valence-corrected chi connectivity index (χ0v) is 20.2. The molecule has 0 amide bonds. The Morgan fingerprint density at radius 1 is 0.968 bits per heavy atom. The van der Waals surface area contributed by atoms with E-state index in [0.29, 0.717) is 13.2 Å². The van der Waals surface area contributed by atoms with E-state index >= 15 is 0 Å². The summed E-state index contributed by atoms with van der Waals surface area (Å²) in [6.07, 6.45) is 2.62. The largest absolute Gasteiger partial charge is 0.496 e. The zero-order valence-electron chi connectivity index (χ0n) is 17.9. The van der Waals surface area contributed by atoms with Gasteiger partial charge in [-0.3, -0.25) is 9.98 Å². The molecule has 0 bridgehead atoms. The highest BCUT2D eigenvalue weighted by Gasteiger charge is 2.03. The monoisotopic (exact) mass is 532 g/mol. The minimum Gasteiger partial charge on any atom is -0.496 e. The van der Waals surface area contributed by atoms with Gasteiger partial charge >= 0.3 is 0 Å². The number of pyridine rings is 1. The second kappa shape index (κ2) is 13.5. The lowest BCUT2D eigenvalue weighted by atomic mass is 10.1. The molecule has 7 heteroatoms. The highest BCUT2D eigenvalue weighted by Crippen LogP contribution is 2.17. The molecule has 164 valence electrons. The van der Waals surface area contributed by atoms with E-state index in [9.17, 15) is 0 Å². The molecule has 2 N–H and O–H groups in total. The number of nitrogens with zero attached hydrogens (tertiary/aromatic N) is 2. The van der Waals surface area contributed by atoms with Crippen LogP contribution in [0.15, 0.2) is 77.9 Å². The number of halogens is 1. The Morgan fingerprint density at radius 3 is 2.45 bits per heavy atom. The number of benzene rings is 2. The van der Waals surface area contributed by atoms with Crippen molar-refractivity contribution in [3.63, 3.8) is 0 Å². The minimum atomic E-state index is 0. The molecule has 0 aliphatic carbocycles. The fraction of sp³-hybridized carbons (Fsp3) is 0.250. The van der Waals surface area contributed by atoms with Crippen molar-refractivity contribution >= 4 is 29.9 Å². The van der Waals surface area contributed by atoms with Gasteiger partial charge in [0.2, 0.25) is 0 Å². The SMILES string of the molecule is CN=C(NCCc1ccccc1OC)NCc1ccc(OCc2ccccn2)cc1.I. The van der Waals surface area contributed by atoms with Gasteiger partial charge in [0.25, 0.3) is 0 Å². The molecule has 3 aromatic rings. The molecular formula is C24H29IN4O2. The van der Waals surface area contributed by atoms with Crippen molar-refractivity contribution in [2.75, 3.05) is 20.7 Å². The summed E-state index contributed by atoms with van der Waals surface area (Å²) in [5.41, 5.74) is 3.23. The Hall–Kier alpha value is -2.81. The van der Waals surface area contributed by atoms with Crippen molar-refractivity contribution in [2.45, 2.75) is 19.6 Å². The summed E-state index contributed by atoms with van der Waals surface area (Å²) in [6.45, 7) is 1.90. The van der Waals surface area contributed by atoms with Crippen LogP contribution in [0.4, 0.5) is 0 Å². The van der Waals surface area contributed by atoms with E-state index in [1.807, 2.05) is 60.7 Å². The van der Waals surface area contributed by atoms with Gasteiger partial charge in [0, 0.05) is 26.3 Å². The molecule has 31 heavy (non-hydrogen) atoms. The van der Waals surface area contributed by atoms with Gasteiger partial charge in [-0.1, -0.05) is 36.4 Å². The predicted molar refractivity (Wildman–Crippen MR) is 135 cm³/mol. The van der Waals surface area contributed by atoms with Gasteiger partial charge < -0.3 is 20.1 Å². The van der Waals surface area contributed by atoms with Gasteiger partial charge in [-0.25, -0.2) is 0 Å². The van der Waals surface area contributed by atoms with E-state index in [4.69, 9.17) is 9.47 Å². The lowest BCUT2D eigenvalue weighted by Gasteiger charge is -2.13. The lowest BCUT2D eigenvalue weighted by molar-refractivity contribution is 0.301. The van der Waals surface area contributed by atoms with Crippen LogP contribution in [-0.4, -0.2) is 31.6 Å². The number of hydrogen-bond acceptors (Lipinski definition) is 4. The molecule has 1 heterocycles. The van der Waals surface area contributed by atoms with Crippen LogP contribution >= 0.6 is 24.0 Å². The number of methoxy groups -OCH3 is 1. The second-order valence-electron chi connectivity index (χ2n) is 6.67. The van der Waals surface area contributed by atoms with E-state index in [1.165, 1.54) is 5.56 Å². The predicted octanol–water partition coefficient (Wildman–Crippen LogP) is 4.19. The van der Waals surface area contributed by atoms with E-state index in [2.05, 4.69) is 26.7 Å². The van der Waals surface area contributed by atoms with Crippen molar-refractivity contribution < 1.29 is 9.47 Å². The van der Waals surface area contributed by atoms with Crippen molar-refractivity contribution in [1.29, 1.82) is 0 Å². The summed E-state index contributed by atoms with van der Waals surface area (Å²) >= 11 is 0. The van der Waals surface area contributed by atoms with Crippen LogP contribution in [0.3, 0.4) is 0 Å². The molecule has 0 aliphatic heterocycles. The summed E-state index contributed by atoms with van der Waals surface area (Å²) in [5, 5.41) is 6.68. The number of ether oxygens (including phenoxy) is 2. The lowest BCUT2D eigenvalue weighted by Crippen LogP contribution is -2.37. The molecule has 0 fully saturated rings. The third-order valence-corrected chi connectivity index (χ3v) is 4.60. The molecule has 0 unspecified atom stereocenters. The smallest absolute Gasteiger partial charge is 0.191 e. The molecule has 0 saturated heterocycles. The number of aromatic nitrogens is 1. The molecule has 0 spiro atoms. The number of hydrogen-bond donors (Lipinski definition) is 2. The molecule has 6 nitrogen and oxygen atoms in total. The summed E-state index contributed by atoms with van der Waals surface area (Å²) in [4.78, 5) is 8.55. The average molecular weight is 532 g/mol. The summed E-state index contributed by atoms with van der Waals surface area (Å²) in [7, 11) is 3.47. The summed E-state index contributed by atoms with van der Waals surface area (Å²) in [5.74, 6) is 2.50. The first-order valence-electron chi connectivity index (χ1n) is 9.96. The average Bonchev–Trinajstić information content (AvgIpc) is 2.81. The van der Waals surface area contributed by atoms with Gasteiger partial charge in [-0.15, -0.1) is 24.0 Å². The highest BCUT2D eigenvalue weighted by molar-refractivity contribution is 14.0. The summed E-state index contributed by atoms with van der Waals surface area (Å²) in [6, 6.07) is 21.9. The van der Waals surface area contributed by atoms with Gasteiger partial charge in [0.1, 0.15) is 18.1 Å². The fourth-order valence-corrected chi connectivity index (χ4v) is 2.98. The maximum Gasteiger partial charge on any atom is 0.191 e. The van der Waals surface area contributed by atoms with E-state index in [-0.39, 0.29) is 24.0 Å². The normalized spacial score (nSPS) is 10.7. The molecule has 2 aromatic carbocycles. The fourth-order valence-electron chi connectivity index (χ4n) is 2.98. The first-order valence-corrected chi connectivity index (χ1v) is 9.96. The molecule has 3 rings (SSSR count).